The molecule has 4 nitrogen and oxygen atoms in total. The number of urea groups is 1. The Bertz CT molecular complexity index is 203. The Kier molecular flexibility index (Phi) is 7.80. The molecule has 0 bridgehead atoms. The van der Waals surface area contributed by atoms with Crippen molar-refractivity contribution in [2.45, 2.75) is 45.4 Å². The van der Waals surface area contributed by atoms with Crippen molar-refractivity contribution in [1.29, 1.82) is 0 Å². The first-order valence-electron chi connectivity index (χ1n) is 7.07. The van der Waals surface area contributed by atoms with Crippen molar-refractivity contribution in [3.63, 3.8) is 0 Å². The second-order valence-electron chi connectivity index (χ2n) is 4.79. The van der Waals surface area contributed by atoms with Crippen LogP contribution in [0.3, 0.4) is 0 Å². The molecule has 1 aliphatic rings. The summed E-state index contributed by atoms with van der Waals surface area (Å²) in [5, 5.41) is 5.69. The predicted molar refractivity (Wildman–Crippen MR) is 71.2 cm³/mol. The second-order valence-corrected chi connectivity index (χ2v) is 4.79. The van der Waals surface area contributed by atoms with Crippen LogP contribution in [-0.4, -0.2) is 43.7 Å². The van der Waals surface area contributed by atoms with Crippen molar-refractivity contribution < 1.29 is 4.79 Å². The van der Waals surface area contributed by atoms with Gasteiger partial charge in [0.15, 0.2) is 0 Å². The molecule has 0 atom stereocenters. The standard InChI is InChI=1S/C13H27N3O/c1-2-8-14-13(17)15-9-4-3-5-10-16-11-6-7-12-16/h2-12H2,1H3,(H2,14,15,17). The van der Waals surface area contributed by atoms with Crippen LogP contribution in [-0.2, 0) is 0 Å². The van der Waals surface area contributed by atoms with Crippen LogP contribution in [0.1, 0.15) is 45.4 Å². The van der Waals surface area contributed by atoms with Crippen molar-refractivity contribution in [2.24, 2.45) is 0 Å². The molecule has 0 aliphatic carbocycles. The number of rotatable bonds is 8. The van der Waals surface area contributed by atoms with Gasteiger partial charge in [0.25, 0.3) is 0 Å². The van der Waals surface area contributed by atoms with E-state index in [0.717, 1.165) is 25.9 Å². The minimum atomic E-state index is -0.0219. The third kappa shape index (κ3) is 7.21. The average Bonchev–Trinajstić information content (AvgIpc) is 2.84. The molecule has 0 saturated carbocycles. The quantitative estimate of drug-likeness (QED) is 0.638. The maximum atomic E-state index is 11.2. The molecule has 1 aliphatic heterocycles. The molecule has 100 valence electrons. The molecule has 0 aromatic rings. The van der Waals surface area contributed by atoms with E-state index >= 15 is 0 Å². The van der Waals surface area contributed by atoms with E-state index in [2.05, 4.69) is 22.5 Å². The largest absolute Gasteiger partial charge is 0.338 e. The Hall–Kier alpha value is -0.770. The van der Waals surface area contributed by atoms with Gasteiger partial charge in [-0.05, 0) is 51.7 Å². The van der Waals surface area contributed by atoms with E-state index in [9.17, 15) is 4.79 Å². The summed E-state index contributed by atoms with van der Waals surface area (Å²) in [6, 6.07) is -0.0219. The number of amides is 2. The number of unbranched alkanes of at least 4 members (excludes halogenated alkanes) is 2. The third-order valence-corrected chi connectivity index (χ3v) is 3.17. The first kappa shape index (κ1) is 14.3. The number of hydrogen-bond donors (Lipinski definition) is 2. The summed E-state index contributed by atoms with van der Waals surface area (Å²) in [4.78, 5) is 13.8. The van der Waals surface area contributed by atoms with Crippen molar-refractivity contribution in [3.05, 3.63) is 0 Å². The molecule has 0 unspecified atom stereocenters. The summed E-state index contributed by atoms with van der Waals surface area (Å²) < 4.78 is 0. The SMILES string of the molecule is CCCNC(=O)NCCCCCN1CCCC1. The molecule has 2 amide bonds. The Balaban J connectivity index is 1.82. The van der Waals surface area contributed by atoms with Crippen LogP contribution in [0.2, 0.25) is 0 Å². The number of carbonyl (C=O) groups excluding carboxylic acids is 1. The first-order valence-corrected chi connectivity index (χ1v) is 7.07. The summed E-state index contributed by atoms with van der Waals surface area (Å²) in [6.07, 6.45) is 7.30. The van der Waals surface area contributed by atoms with Gasteiger partial charge in [-0.1, -0.05) is 13.3 Å². The number of nitrogens with zero attached hydrogens (tertiary/aromatic N) is 1. The normalized spacial score (nSPS) is 16.1. The van der Waals surface area contributed by atoms with E-state index in [1.807, 2.05) is 0 Å². The summed E-state index contributed by atoms with van der Waals surface area (Å²) in [5.74, 6) is 0. The lowest BCUT2D eigenvalue weighted by atomic mass is 10.2. The Labute approximate surface area is 105 Å². The molecule has 0 radical (unpaired) electrons. The summed E-state index contributed by atoms with van der Waals surface area (Å²) >= 11 is 0. The number of carbonyl (C=O) groups is 1. The zero-order valence-corrected chi connectivity index (χ0v) is 11.1. The van der Waals surface area contributed by atoms with E-state index in [1.54, 1.807) is 0 Å². The highest BCUT2D eigenvalue weighted by Gasteiger charge is 2.09. The lowest BCUT2D eigenvalue weighted by molar-refractivity contribution is 0.240. The van der Waals surface area contributed by atoms with E-state index in [0.29, 0.717) is 0 Å². The van der Waals surface area contributed by atoms with Crippen LogP contribution in [0.4, 0.5) is 4.79 Å². The van der Waals surface area contributed by atoms with Crippen LogP contribution >= 0.6 is 0 Å². The highest BCUT2D eigenvalue weighted by molar-refractivity contribution is 5.73. The van der Waals surface area contributed by atoms with Crippen LogP contribution < -0.4 is 10.6 Å². The van der Waals surface area contributed by atoms with Gasteiger partial charge in [0.1, 0.15) is 0 Å². The van der Waals surface area contributed by atoms with Crippen LogP contribution in [0, 0.1) is 0 Å². The first-order chi connectivity index (χ1) is 8.33. The molecule has 2 N–H and O–H groups in total. The fourth-order valence-electron chi connectivity index (χ4n) is 2.15. The van der Waals surface area contributed by atoms with Gasteiger partial charge in [0, 0.05) is 13.1 Å². The van der Waals surface area contributed by atoms with Gasteiger partial charge in [-0.15, -0.1) is 0 Å². The zero-order valence-electron chi connectivity index (χ0n) is 11.1. The molecule has 0 aromatic carbocycles. The van der Waals surface area contributed by atoms with Gasteiger partial charge in [0.05, 0.1) is 0 Å². The molecule has 0 aromatic heterocycles. The number of likely N-dealkylation sites (tertiary alicyclic amines) is 1. The van der Waals surface area contributed by atoms with Gasteiger partial charge in [-0.2, -0.15) is 0 Å². The maximum absolute atomic E-state index is 11.2. The minimum absolute atomic E-state index is 0.0219. The van der Waals surface area contributed by atoms with Crippen molar-refractivity contribution in [3.8, 4) is 0 Å². The second kappa shape index (κ2) is 9.28. The van der Waals surface area contributed by atoms with Crippen LogP contribution in [0.5, 0.6) is 0 Å². The Morgan fingerprint density at radius 3 is 2.47 bits per heavy atom. The Morgan fingerprint density at radius 1 is 1.06 bits per heavy atom. The smallest absolute Gasteiger partial charge is 0.314 e. The van der Waals surface area contributed by atoms with Gasteiger partial charge >= 0.3 is 6.03 Å². The lowest BCUT2D eigenvalue weighted by Crippen LogP contribution is -2.36. The monoisotopic (exact) mass is 241 g/mol. The average molecular weight is 241 g/mol. The highest BCUT2D eigenvalue weighted by atomic mass is 16.2. The van der Waals surface area contributed by atoms with Crippen molar-refractivity contribution in [1.82, 2.24) is 15.5 Å². The van der Waals surface area contributed by atoms with Crippen molar-refractivity contribution in [2.75, 3.05) is 32.7 Å². The summed E-state index contributed by atoms with van der Waals surface area (Å²) in [7, 11) is 0. The zero-order chi connectivity index (χ0) is 12.3. The molecule has 4 heteroatoms. The van der Waals surface area contributed by atoms with Crippen LogP contribution in [0.15, 0.2) is 0 Å². The molecule has 1 saturated heterocycles. The van der Waals surface area contributed by atoms with Gasteiger partial charge in [-0.25, -0.2) is 4.79 Å². The third-order valence-electron chi connectivity index (χ3n) is 3.17. The topological polar surface area (TPSA) is 44.4 Å². The fraction of sp³-hybridized carbons (Fsp3) is 0.923. The molecule has 0 spiro atoms. The lowest BCUT2D eigenvalue weighted by Gasteiger charge is -2.13. The molecule has 1 rings (SSSR count). The fourth-order valence-corrected chi connectivity index (χ4v) is 2.15. The van der Waals surface area contributed by atoms with Gasteiger partial charge in [-0.3, -0.25) is 0 Å². The van der Waals surface area contributed by atoms with Gasteiger partial charge < -0.3 is 15.5 Å². The molecular weight excluding hydrogens is 214 g/mol. The van der Waals surface area contributed by atoms with E-state index in [-0.39, 0.29) is 6.03 Å². The van der Waals surface area contributed by atoms with E-state index in [1.165, 1.54) is 45.3 Å². The highest BCUT2D eigenvalue weighted by Crippen LogP contribution is 2.08. The minimum Gasteiger partial charge on any atom is -0.338 e. The molecular formula is C13H27N3O. The van der Waals surface area contributed by atoms with Gasteiger partial charge in [0.2, 0.25) is 0 Å². The predicted octanol–water partition coefficient (Wildman–Crippen LogP) is 1.96. The molecule has 17 heavy (non-hydrogen) atoms. The van der Waals surface area contributed by atoms with Crippen LogP contribution in [0.25, 0.3) is 0 Å². The summed E-state index contributed by atoms with van der Waals surface area (Å²) in [5.41, 5.74) is 0. The Morgan fingerprint density at radius 2 is 1.76 bits per heavy atom. The maximum Gasteiger partial charge on any atom is 0.314 e. The number of hydrogen-bond acceptors (Lipinski definition) is 2. The molecule has 1 fully saturated rings. The number of nitrogens with one attached hydrogen (secondary N) is 2. The molecule has 1 heterocycles. The van der Waals surface area contributed by atoms with Crippen molar-refractivity contribution >= 4 is 6.03 Å². The van der Waals surface area contributed by atoms with E-state index < -0.39 is 0 Å². The summed E-state index contributed by atoms with van der Waals surface area (Å²) in [6.45, 7) is 7.44. The van der Waals surface area contributed by atoms with E-state index in [4.69, 9.17) is 0 Å².